The van der Waals surface area contributed by atoms with Crippen LogP contribution in [0, 0.1) is 6.92 Å². The van der Waals surface area contributed by atoms with Crippen LogP contribution in [0.5, 0.6) is 0 Å². The lowest BCUT2D eigenvalue weighted by molar-refractivity contribution is -0.126. The normalized spacial score (nSPS) is 17.1. The molecule has 1 aromatic rings. The minimum Gasteiger partial charge on any atom is -0.324 e. The standard InChI is InChI=1S/C14H17N3O3/c1-9-6-4-5-7-10(9)15-11(18)8-17-13(20)16-12(19)14(17,2)3/h4-7H,8H2,1-3H3,(H,15,18)(H,16,19,20). The number of aryl methyl sites for hydroxylation is 1. The van der Waals surface area contributed by atoms with E-state index in [2.05, 4.69) is 10.6 Å². The summed E-state index contributed by atoms with van der Waals surface area (Å²) >= 11 is 0. The number of urea groups is 1. The molecule has 1 aliphatic rings. The van der Waals surface area contributed by atoms with E-state index in [4.69, 9.17) is 0 Å². The summed E-state index contributed by atoms with van der Waals surface area (Å²) < 4.78 is 0. The molecule has 0 radical (unpaired) electrons. The van der Waals surface area contributed by atoms with Crippen molar-refractivity contribution in [2.24, 2.45) is 0 Å². The van der Waals surface area contributed by atoms with Gasteiger partial charge in [0.2, 0.25) is 5.91 Å². The topological polar surface area (TPSA) is 78.5 Å². The van der Waals surface area contributed by atoms with Gasteiger partial charge in [-0.1, -0.05) is 18.2 Å². The van der Waals surface area contributed by atoms with Gasteiger partial charge in [-0.05, 0) is 32.4 Å². The Kier molecular flexibility index (Phi) is 3.48. The monoisotopic (exact) mass is 275 g/mol. The molecule has 6 nitrogen and oxygen atoms in total. The maximum Gasteiger partial charge on any atom is 0.325 e. The summed E-state index contributed by atoms with van der Waals surface area (Å²) in [6.45, 7) is 4.92. The maximum absolute atomic E-state index is 12.0. The molecule has 1 aromatic carbocycles. The number of rotatable bonds is 3. The van der Waals surface area contributed by atoms with Gasteiger partial charge in [-0.2, -0.15) is 0 Å². The first-order chi connectivity index (χ1) is 9.32. The molecule has 0 aromatic heterocycles. The van der Waals surface area contributed by atoms with E-state index in [0.717, 1.165) is 5.56 Å². The lowest BCUT2D eigenvalue weighted by atomic mass is 10.0. The van der Waals surface area contributed by atoms with Crippen molar-refractivity contribution < 1.29 is 14.4 Å². The first kappa shape index (κ1) is 14.0. The fraction of sp³-hybridized carbons (Fsp3) is 0.357. The largest absolute Gasteiger partial charge is 0.325 e. The molecule has 1 saturated heterocycles. The molecule has 0 unspecified atom stereocenters. The van der Waals surface area contributed by atoms with Crippen molar-refractivity contribution in [3.05, 3.63) is 29.8 Å². The highest BCUT2D eigenvalue weighted by atomic mass is 16.2. The molecule has 0 spiro atoms. The zero-order valence-corrected chi connectivity index (χ0v) is 11.7. The molecule has 0 atom stereocenters. The Morgan fingerprint density at radius 2 is 1.95 bits per heavy atom. The van der Waals surface area contributed by atoms with Crippen LogP contribution in [0.2, 0.25) is 0 Å². The lowest BCUT2D eigenvalue weighted by Gasteiger charge is -2.27. The fourth-order valence-corrected chi connectivity index (χ4v) is 2.01. The summed E-state index contributed by atoms with van der Waals surface area (Å²) in [7, 11) is 0. The third-order valence-corrected chi connectivity index (χ3v) is 3.42. The molecule has 1 fully saturated rings. The van der Waals surface area contributed by atoms with E-state index < -0.39 is 17.5 Å². The Hall–Kier alpha value is -2.37. The summed E-state index contributed by atoms with van der Waals surface area (Å²) in [6, 6.07) is 6.82. The molecule has 0 saturated carbocycles. The van der Waals surface area contributed by atoms with Crippen molar-refractivity contribution >= 4 is 23.5 Å². The summed E-state index contributed by atoms with van der Waals surface area (Å²) in [6.07, 6.45) is 0. The van der Waals surface area contributed by atoms with Crippen molar-refractivity contribution in [2.75, 3.05) is 11.9 Å². The SMILES string of the molecule is Cc1ccccc1NC(=O)CN1C(=O)NC(=O)C1(C)C. The van der Waals surface area contributed by atoms with Gasteiger partial charge in [0.05, 0.1) is 0 Å². The van der Waals surface area contributed by atoms with Gasteiger partial charge in [0.25, 0.3) is 5.91 Å². The smallest absolute Gasteiger partial charge is 0.324 e. The Morgan fingerprint density at radius 1 is 1.30 bits per heavy atom. The molecule has 0 aliphatic carbocycles. The molecule has 2 N–H and O–H groups in total. The number of anilines is 1. The highest BCUT2D eigenvalue weighted by Crippen LogP contribution is 2.21. The van der Waals surface area contributed by atoms with E-state index in [9.17, 15) is 14.4 Å². The van der Waals surface area contributed by atoms with E-state index in [1.54, 1.807) is 19.9 Å². The zero-order chi connectivity index (χ0) is 14.9. The fourth-order valence-electron chi connectivity index (χ4n) is 2.01. The number of benzene rings is 1. The van der Waals surface area contributed by atoms with Gasteiger partial charge in [-0.3, -0.25) is 14.9 Å². The number of para-hydroxylation sites is 1. The molecular formula is C14H17N3O3. The van der Waals surface area contributed by atoms with Crippen molar-refractivity contribution in [2.45, 2.75) is 26.3 Å². The average Bonchev–Trinajstić information content (AvgIpc) is 2.55. The summed E-state index contributed by atoms with van der Waals surface area (Å²) in [5.74, 6) is -0.733. The summed E-state index contributed by atoms with van der Waals surface area (Å²) in [5.41, 5.74) is 0.614. The van der Waals surface area contributed by atoms with Crippen LogP contribution in [0.15, 0.2) is 24.3 Å². The third-order valence-electron chi connectivity index (χ3n) is 3.42. The number of imide groups is 1. The maximum atomic E-state index is 12.0. The number of hydrogen-bond donors (Lipinski definition) is 2. The second-order valence-electron chi connectivity index (χ2n) is 5.27. The lowest BCUT2D eigenvalue weighted by Crippen LogP contribution is -2.47. The molecule has 4 amide bonds. The van der Waals surface area contributed by atoms with Crippen LogP contribution in [-0.4, -0.2) is 34.8 Å². The van der Waals surface area contributed by atoms with Crippen LogP contribution < -0.4 is 10.6 Å². The summed E-state index contributed by atoms with van der Waals surface area (Å²) in [5, 5.41) is 4.94. The van der Waals surface area contributed by atoms with E-state index in [1.807, 2.05) is 25.1 Å². The molecular weight excluding hydrogens is 258 g/mol. The quantitative estimate of drug-likeness (QED) is 0.815. The van der Waals surface area contributed by atoms with Crippen molar-refractivity contribution in [3.63, 3.8) is 0 Å². The van der Waals surface area contributed by atoms with Crippen LogP contribution in [0.25, 0.3) is 0 Å². The minimum absolute atomic E-state index is 0.168. The molecule has 2 rings (SSSR count). The number of nitrogens with zero attached hydrogens (tertiary/aromatic N) is 1. The van der Waals surface area contributed by atoms with Gasteiger partial charge in [0, 0.05) is 5.69 Å². The van der Waals surface area contributed by atoms with Crippen molar-refractivity contribution in [3.8, 4) is 0 Å². The highest BCUT2D eigenvalue weighted by molar-refractivity contribution is 6.08. The van der Waals surface area contributed by atoms with Crippen LogP contribution in [0.3, 0.4) is 0 Å². The van der Waals surface area contributed by atoms with Gasteiger partial charge in [-0.15, -0.1) is 0 Å². The molecule has 20 heavy (non-hydrogen) atoms. The Balaban J connectivity index is 2.07. The average molecular weight is 275 g/mol. The van der Waals surface area contributed by atoms with E-state index >= 15 is 0 Å². The van der Waals surface area contributed by atoms with Crippen LogP contribution >= 0.6 is 0 Å². The van der Waals surface area contributed by atoms with Gasteiger partial charge in [0.15, 0.2) is 0 Å². The van der Waals surface area contributed by atoms with Crippen LogP contribution in [0.4, 0.5) is 10.5 Å². The summed E-state index contributed by atoms with van der Waals surface area (Å²) in [4.78, 5) is 36.5. The molecule has 1 aliphatic heterocycles. The van der Waals surface area contributed by atoms with E-state index in [1.165, 1.54) is 4.90 Å². The predicted molar refractivity (Wildman–Crippen MR) is 74.1 cm³/mol. The van der Waals surface area contributed by atoms with Gasteiger partial charge >= 0.3 is 6.03 Å². The van der Waals surface area contributed by atoms with Crippen molar-refractivity contribution in [1.82, 2.24) is 10.2 Å². The van der Waals surface area contributed by atoms with E-state index in [0.29, 0.717) is 5.69 Å². The molecule has 1 heterocycles. The van der Waals surface area contributed by atoms with Gasteiger partial charge in [0.1, 0.15) is 12.1 Å². The first-order valence-corrected chi connectivity index (χ1v) is 6.31. The van der Waals surface area contributed by atoms with E-state index in [-0.39, 0.29) is 12.5 Å². The zero-order valence-electron chi connectivity index (χ0n) is 11.7. The van der Waals surface area contributed by atoms with Crippen LogP contribution in [0.1, 0.15) is 19.4 Å². The first-order valence-electron chi connectivity index (χ1n) is 6.31. The third kappa shape index (κ3) is 2.49. The van der Waals surface area contributed by atoms with Crippen molar-refractivity contribution in [1.29, 1.82) is 0 Å². The Morgan fingerprint density at radius 3 is 2.50 bits per heavy atom. The molecule has 106 valence electrons. The highest BCUT2D eigenvalue weighted by Gasteiger charge is 2.46. The number of carbonyl (C=O) groups excluding carboxylic acids is 3. The number of nitrogens with one attached hydrogen (secondary N) is 2. The minimum atomic E-state index is -1.01. The predicted octanol–water partition coefficient (Wildman–Crippen LogP) is 1.26. The number of carbonyl (C=O) groups is 3. The van der Waals surface area contributed by atoms with Crippen LogP contribution in [-0.2, 0) is 9.59 Å². The second kappa shape index (κ2) is 4.96. The second-order valence-corrected chi connectivity index (χ2v) is 5.27. The van der Waals surface area contributed by atoms with Gasteiger partial charge < -0.3 is 10.2 Å². The molecule has 0 bridgehead atoms. The molecule has 6 heteroatoms. The number of hydrogen-bond acceptors (Lipinski definition) is 3. The Labute approximate surface area is 117 Å². The van der Waals surface area contributed by atoms with Gasteiger partial charge in [-0.25, -0.2) is 4.79 Å². The Bertz CT molecular complexity index is 581. The number of amides is 4.